The maximum absolute atomic E-state index is 15.0. The van der Waals surface area contributed by atoms with Crippen molar-refractivity contribution >= 4 is 27.9 Å². The van der Waals surface area contributed by atoms with Gasteiger partial charge in [-0.2, -0.15) is 4.31 Å². The van der Waals surface area contributed by atoms with Crippen molar-refractivity contribution in [1.29, 1.82) is 0 Å². The Bertz CT molecular complexity index is 2290. The van der Waals surface area contributed by atoms with Crippen LogP contribution in [0.1, 0.15) is 46.3 Å². The number of aliphatic hydroxyl groups is 1. The quantitative estimate of drug-likeness (QED) is 0.240. The maximum atomic E-state index is 15.0. The van der Waals surface area contributed by atoms with Gasteiger partial charge < -0.3 is 33.5 Å². The molecule has 2 amide bonds. The third-order valence-corrected chi connectivity index (χ3v) is 13.9. The van der Waals surface area contributed by atoms with Crippen molar-refractivity contribution in [2.24, 2.45) is 0 Å². The first-order valence-electron chi connectivity index (χ1n) is 17.9. The molecule has 2 fully saturated rings. The molecule has 282 valence electrons. The van der Waals surface area contributed by atoms with Crippen LogP contribution in [-0.2, 0) is 26.7 Å². The second-order valence-electron chi connectivity index (χ2n) is 14.7. The van der Waals surface area contributed by atoms with Crippen LogP contribution in [0.15, 0.2) is 88.6 Å². The van der Waals surface area contributed by atoms with Gasteiger partial charge in [0.15, 0.2) is 11.5 Å². The Balaban J connectivity index is 1.19. The zero-order valence-corrected chi connectivity index (χ0v) is 31.6. The van der Waals surface area contributed by atoms with Gasteiger partial charge in [-0.05, 0) is 84.8 Å². The summed E-state index contributed by atoms with van der Waals surface area (Å²) in [6.07, 6.45) is 6.72. The molecule has 1 N–H and O–H groups in total. The topological polar surface area (TPSA) is 139 Å². The van der Waals surface area contributed by atoms with Crippen molar-refractivity contribution in [2.45, 2.75) is 59.8 Å². The van der Waals surface area contributed by atoms with Crippen LogP contribution in [0.3, 0.4) is 0 Å². The Morgan fingerprint density at radius 1 is 0.981 bits per heavy atom. The molecule has 0 radical (unpaired) electrons. The Hall–Kier alpha value is -5.11. The summed E-state index contributed by atoms with van der Waals surface area (Å²) in [4.78, 5) is 29.5. The van der Waals surface area contributed by atoms with Gasteiger partial charge in [0.05, 0.1) is 49.8 Å². The molecule has 1 aromatic heterocycles. The number of benzene rings is 3. The fourth-order valence-corrected chi connectivity index (χ4v) is 11.3. The number of carbonyl (C=O) groups excluding carboxylic acids is 2. The number of rotatable bonds is 9. The number of sulfonamides is 1. The molecule has 1 spiro atoms. The summed E-state index contributed by atoms with van der Waals surface area (Å²) in [6, 6.07) is 16.3. The van der Waals surface area contributed by atoms with E-state index in [0.717, 1.165) is 16.7 Å². The largest absolute Gasteiger partial charge is 0.495 e. The van der Waals surface area contributed by atoms with E-state index in [0.29, 0.717) is 34.6 Å². The zero-order valence-electron chi connectivity index (χ0n) is 30.8. The number of hydrogen-bond donors (Lipinski definition) is 1. The van der Waals surface area contributed by atoms with Crippen LogP contribution < -0.4 is 14.2 Å². The number of carbonyl (C=O) groups is 2. The first-order valence-corrected chi connectivity index (χ1v) is 19.4. The lowest BCUT2D eigenvalue weighted by Crippen LogP contribution is -2.78. The number of ether oxygens (including phenoxy) is 3. The number of nitrogens with zero attached hydrogens (tertiary/aromatic N) is 3. The van der Waals surface area contributed by atoms with E-state index in [2.05, 4.69) is 0 Å². The fourth-order valence-electron chi connectivity index (χ4n) is 9.41. The molecule has 12 nitrogen and oxygen atoms in total. The number of hydrogen-bond acceptors (Lipinski definition) is 9. The van der Waals surface area contributed by atoms with E-state index in [1.165, 1.54) is 28.7 Å². The van der Waals surface area contributed by atoms with Crippen molar-refractivity contribution in [3.63, 3.8) is 0 Å². The zero-order chi connectivity index (χ0) is 38.2. The van der Waals surface area contributed by atoms with Crippen molar-refractivity contribution < 1.29 is 41.7 Å². The number of amides is 2. The van der Waals surface area contributed by atoms with Crippen LogP contribution in [0.2, 0.25) is 0 Å². The van der Waals surface area contributed by atoms with Gasteiger partial charge in [0.25, 0.3) is 5.91 Å². The molecule has 8 rings (SSSR count). The molecule has 1 saturated heterocycles. The summed E-state index contributed by atoms with van der Waals surface area (Å²) in [5.41, 5.74) is 1.67. The van der Waals surface area contributed by atoms with Crippen LogP contribution in [0, 0.1) is 0 Å². The van der Waals surface area contributed by atoms with Gasteiger partial charge in [-0.3, -0.25) is 9.59 Å². The standard InChI is InChI=1S/C41H43N3O9S/c1-42(2)39(46)29-8-6-7-26(21-29)27-10-12-31(50-4)33(22-27)54(48,49)44-19-18-40-36-28-11-13-32(51-5)37(36)53-38(40)30(15-17-41(40,47)34(44)23-28)43(3)35(45)14-9-25-16-20-52-24-25/h6-14,16,20-22,24,30,34,38,47H,15,17-19,23H2,1-5H3/b14-9+/t30-,34-,38+,40+,41-/m1/s1. The van der Waals surface area contributed by atoms with Crippen LogP contribution in [-0.4, -0.2) is 105 Å². The summed E-state index contributed by atoms with van der Waals surface area (Å²) in [5.74, 6) is 0.838. The molecule has 1 saturated carbocycles. The first kappa shape index (κ1) is 35.9. The lowest BCUT2D eigenvalue weighted by Gasteiger charge is -2.64. The molecule has 3 heterocycles. The summed E-state index contributed by atoms with van der Waals surface area (Å²) in [6.45, 7) is 0.0935. The van der Waals surface area contributed by atoms with Crippen LogP contribution >= 0.6 is 0 Å². The smallest absolute Gasteiger partial charge is 0.253 e. The Labute approximate surface area is 314 Å². The van der Waals surface area contributed by atoms with E-state index in [4.69, 9.17) is 18.6 Å². The second kappa shape index (κ2) is 13.0. The number of furan rings is 1. The van der Waals surface area contributed by atoms with Crippen LogP contribution in [0.5, 0.6) is 17.2 Å². The molecule has 54 heavy (non-hydrogen) atoms. The average Bonchev–Trinajstić information content (AvgIpc) is 3.82. The summed E-state index contributed by atoms with van der Waals surface area (Å²) >= 11 is 0. The SMILES string of the molecule is COc1ccc(-c2cccc(C(=O)N(C)C)c2)cc1S(=O)(=O)N1CC[C@]23c4c5ccc(OC)c4O[C@H]2[C@H](N(C)C(=O)/C=C/c2ccoc2)CC[C@@]3(O)[C@H]1C5. The van der Waals surface area contributed by atoms with E-state index in [-0.39, 0.29) is 48.3 Å². The monoisotopic (exact) mass is 753 g/mol. The van der Waals surface area contributed by atoms with E-state index in [1.54, 1.807) is 88.0 Å². The number of likely N-dealkylation sites (N-methyl/N-ethyl adjacent to an activating group) is 1. The molecule has 4 aromatic rings. The van der Waals surface area contributed by atoms with Gasteiger partial charge in [0, 0.05) is 50.5 Å². The molecule has 2 aliphatic carbocycles. The van der Waals surface area contributed by atoms with Gasteiger partial charge in [-0.1, -0.05) is 24.3 Å². The predicted molar refractivity (Wildman–Crippen MR) is 200 cm³/mol. The highest BCUT2D eigenvalue weighted by atomic mass is 32.2. The highest BCUT2D eigenvalue weighted by Gasteiger charge is 2.74. The molecule has 0 unspecified atom stereocenters. The van der Waals surface area contributed by atoms with E-state index >= 15 is 8.42 Å². The Kier molecular flexibility index (Phi) is 8.66. The molecule has 13 heteroatoms. The van der Waals surface area contributed by atoms with Crippen molar-refractivity contribution in [3.8, 4) is 28.4 Å². The highest BCUT2D eigenvalue weighted by Crippen LogP contribution is 2.66. The summed E-state index contributed by atoms with van der Waals surface area (Å²) in [7, 11) is 3.81. The highest BCUT2D eigenvalue weighted by molar-refractivity contribution is 7.89. The van der Waals surface area contributed by atoms with Crippen LogP contribution in [0.4, 0.5) is 0 Å². The number of methoxy groups -OCH3 is 2. The van der Waals surface area contributed by atoms with E-state index in [9.17, 15) is 14.7 Å². The lowest BCUT2D eigenvalue weighted by atomic mass is 9.48. The Morgan fingerprint density at radius 2 is 1.74 bits per heavy atom. The fraction of sp³-hybridized carbons (Fsp3) is 0.366. The molecule has 2 aliphatic heterocycles. The average molecular weight is 754 g/mol. The molecule has 5 atom stereocenters. The van der Waals surface area contributed by atoms with Crippen molar-refractivity contribution in [1.82, 2.24) is 14.1 Å². The van der Waals surface area contributed by atoms with Gasteiger partial charge in [-0.25, -0.2) is 8.42 Å². The van der Waals surface area contributed by atoms with Crippen LogP contribution in [0.25, 0.3) is 17.2 Å². The minimum Gasteiger partial charge on any atom is -0.495 e. The Morgan fingerprint density at radius 3 is 2.46 bits per heavy atom. The molecule has 3 aromatic carbocycles. The molecular formula is C41H43N3O9S. The number of piperidine rings is 1. The minimum absolute atomic E-state index is 0.0322. The summed E-state index contributed by atoms with van der Waals surface area (Å²) in [5, 5.41) is 13.2. The minimum atomic E-state index is -4.28. The predicted octanol–water partition coefficient (Wildman–Crippen LogP) is 4.75. The summed E-state index contributed by atoms with van der Waals surface area (Å²) < 4.78 is 54.8. The van der Waals surface area contributed by atoms with Gasteiger partial charge in [0.2, 0.25) is 15.9 Å². The second-order valence-corrected chi connectivity index (χ2v) is 16.6. The molecule has 2 bridgehead atoms. The third kappa shape index (κ3) is 5.19. The molecule has 4 aliphatic rings. The first-order chi connectivity index (χ1) is 25.8. The molecular weight excluding hydrogens is 711 g/mol. The normalized spacial score (nSPS) is 25.5. The van der Waals surface area contributed by atoms with E-state index < -0.39 is 39.2 Å². The van der Waals surface area contributed by atoms with Crippen molar-refractivity contribution in [3.05, 3.63) is 102 Å². The van der Waals surface area contributed by atoms with Gasteiger partial charge in [0.1, 0.15) is 16.7 Å². The van der Waals surface area contributed by atoms with Crippen molar-refractivity contribution in [2.75, 3.05) is 41.9 Å². The lowest BCUT2D eigenvalue weighted by molar-refractivity contribution is -0.186. The van der Waals surface area contributed by atoms with E-state index in [1.807, 2.05) is 18.2 Å². The van der Waals surface area contributed by atoms with Gasteiger partial charge in [-0.15, -0.1) is 0 Å². The maximum Gasteiger partial charge on any atom is 0.253 e. The van der Waals surface area contributed by atoms with Gasteiger partial charge >= 0.3 is 0 Å². The third-order valence-electron chi connectivity index (χ3n) is 12.0.